The van der Waals surface area contributed by atoms with E-state index in [0.29, 0.717) is 11.5 Å². The van der Waals surface area contributed by atoms with E-state index in [1.165, 1.54) is 11.1 Å². The summed E-state index contributed by atoms with van der Waals surface area (Å²) in [4.78, 5) is 18.3. The van der Waals surface area contributed by atoms with Gasteiger partial charge in [-0.1, -0.05) is 41.5 Å². The van der Waals surface area contributed by atoms with Gasteiger partial charge in [-0.05, 0) is 93.4 Å². The predicted molar refractivity (Wildman–Crippen MR) is 167 cm³/mol. The van der Waals surface area contributed by atoms with Crippen molar-refractivity contribution in [3.05, 3.63) is 109 Å². The maximum Gasteiger partial charge on any atom is 0.128 e. The van der Waals surface area contributed by atoms with Gasteiger partial charge in [-0.25, -0.2) is 0 Å². The molecule has 0 atom stereocenters. The molecule has 0 aliphatic rings. The Morgan fingerprint density at radius 2 is 0.951 bits per heavy atom. The van der Waals surface area contributed by atoms with Crippen LogP contribution in [0.3, 0.4) is 0 Å². The molecule has 0 N–H and O–H groups in total. The van der Waals surface area contributed by atoms with Crippen molar-refractivity contribution >= 4 is 21.5 Å². The quantitative estimate of drug-likeness (QED) is 0.224. The molecule has 0 radical (unpaired) electrons. The van der Waals surface area contributed by atoms with Gasteiger partial charge in [0, 0.05) is 59.1 Å². The van der Waals surface area contributed by atoms with E-state index in [2.05, 4.69) is 87.9 Å². The fraction of sp³-hybridized carbons (Fsp3) is 0.222. The zero-order chi connectivity index (χ0) is 28.8. The van der Waals surface area contributed by atoms with Crippen LogP contribution in [0, 0.1) is 0 Å². The van der Waals surface area contributed by atoms with Gasteiger partial charge in [0.2, 0.25) is 0 Å². The normalized spacial score (nSPS) is 12.1. The van der Waals surface area contributed by atoms with E-state index < -0.39 is 0 Å². The van der Waals surface area contributed by atoms with Crippen molar-refractivity contribution in [1.29, 1.82) is 0 Å². The van der Waals surface area contributed by atoms with Gasteiger partial charge in [-0.2, -0.15) is 0 Å². The van der Waals surface area contributed by atoms with Crippen LogP contribution in [0.2, 0.25) is 0 Å². The van der Waals surface area contributed by atoms with Crippen LogP contribution >= 0.6 is 0 Å². The van der Waals surface area contributed by atoms with Gasteiger partial charge in [0.05, 0.1) is 11.4 Å². The van der Waals surface area contributed by atoms with Crippen molar-refractivity contribution in [2.24, 2.45) is 0 Å². The molecule has 0 aliphatic carbocycles. The van der Waals surface area contributed by atoms with E-state index in [0.717, 1.165) is 44.1 Å². The summed E-state index contributed by atoms with van der Waals surface area (Å²) in [5.41, 5.74) is 6.31. The van der Waals surface area contributed by atoms with Crippen LogP contribution in [-0.2, 0) is 10.8 Å². The van der Waals surface area contributed by atoms with Crippen molar-refractivity contribution in [3.63, 3.8) is 0 Å². The first kappa shape index (κ1) is 26.6. The minimum atomic E-state index is 0.0109. The number of hydrogen-bond donors (Lipinski definition) is 0. The summed E-state index contributed by atoms with van der Waals surface area (Å²) in [5, 5.41) is 4.14. The first-order valence-corrected chi connectivity index (χ1v) is 13.9. The van der Waals surface area contributed by atoms with E-state index >= 15 is 0 Å². The molecular formula is C36H34N4O. The van der Waals surface area contributed by atoms with Crippen molar-refractivity contribution < 1.29 is 4.74 Å². The Kier molecular flexibility index (Phi) is 6.53. The average Bonchev–Trinajstić information content (AvgIpc) is 2.95. The van der Waals surface area contributed by atoms with E-state index in [-0.39, 0.29) is 10.8 Å². The molecule has 0 saturated heterocycles. The summed E-state index contributed by atoms with van der Waals surface area (Å²) in [5.74, 6) is 1.43. The second kappa shape index (κ2) is 10.1. The lowest BCUT2D eigenvalue weighted by atomic mass is 9.86. The molecule has 204 valence electrons. The van der Waals surface area contributed by atoms with Gasteiger partial charge in [0.25, 0.3) is 0 Å². The summed E-state index contributed by atoms with van der Waals surface area (Å²) in [6.45, 7) is 13.3. The Morgan fingerprint density at radius 1 is 0.512 bits per heavy atom. The monoisotopic (exact) mass is 538 g/mol. The largest absolute Gasteiger partial charge is 0.457 e. The van der Waals surface area contributed by atoms with Crippen molar-refractivity contribution in [2.75, 3.05) is 0 Å². The maximum atomic E-state index is 6.60. The molecule has 0 spiro atoms. The van der Waals surface area contributed by atoms with Gasteiger partial charge in [0.15, 0.2) is 0 Å². The number of rotatable bonds is 4. The van der Waals surface area contributed by atoms with Crippen molar-refractivity contribution in [1.82, 2.24) is 19.9 Å². The SMILES string of the molecule is CC(C)(C)c1ccnc(-c2cc(Oc3cc(-c4cc(C(C)(C)C)ccn4)c4ccncc4c3)cc3cnccc23)c1. The van der Waals surface area contributed by atoms with Crippen LogP contribution in [0.4, 0.5) is 0 Å². The number of aromatic nitrogens is 4. The number of pyridine rings is 4. The molecule has 5 nitrogen and oxygen atoms in total. The number of nitrogens with zero attached hydrogens (tertiary/aromatic N) is 4. The maximum absolute atomic E-state index is 6.60. The third-order valence-corrected chi connectivity index (χ3v) is 7.49. The lowest BCUT2D eigenvalue weighted by Crippen LogP contribution is -2.11. The minimum Gasteiger partial charge on any atom is -0.457 e. The van der Waals surface area contributed by atoms with Gasteiger partial charge >= 0.3 is 0 Å². The highest BCUT2D eigenvalue weighted by Gasteiger charge is 2.18. The second-order valence-corrected chi connectivity index (χ2v) is 12.6. The smallest absolute Gasteiger partial charge is 0.128 e. The minimum absolute atomic E-state index is 0.0109. The fourth-order valence-corrected chi connectivity index (χ4v) is 5.13. The first-order valence-electron chi connectivity index (χ1n) is 13.9. The number of ether oxygens (including phenoxy) is 1. The molecule has 4 aromatic heterocycles. The standard InChI is InChI=1S/C36H34N4O/c1-35(2,3)25-7-13-39-33(17-25)31-19-27(15-23-21-37-11-9-29(23)31)41-28-16-24-22-38-12-10-30(24)32(20-28)34-18-26(8-14-40-34)36(4,5)6/h7-22H,1-6H3. The first-order chi connectivity index (χ1) is 19.6. The zero-order valence-corrected chi connectivity index (χ0v) is 24.4. The Labute approximate surface area is 241 Å². The topological polar surface area (TPSA) is 60.8 Å². The lowest BCUT2D eigenvalue weighted by molar-refractivity contribution is 0.484. The fourth-order valence-electron chi connectivity index (χ4n) is 5.13. The molecule has 41 heavy (non-hydrogen) atoms. The molecular weight excluding hydrogens is 504 g/mol. The van der Waals surface area contributed by atoms with Crippen LogP contribution in [0.5, 0.6) is 11.5 Å². The third kappa shape index (κ3) is 5.40. The highest BCUT2D eigenvalue weighted by atomic mass is 16.5. The van der Waals surface area contributed by atoms with Gasteiger partial charge in [-0.15, -0.1) is 0 Å². The van der Waals surface area contributed by atoms with Crippen LogP contribution in [0.25, 0.3) is 44.1 Å². The molecule has 0 amide bonds. The molecule has 6 rings (SSSR count). The van der Waals surface area contributed by atoms with E-state index in [9.17, 15) is 0 Å². The molecule has 5 heteroatoms. The lowest BCUT2D eigenvalue weighted by Gasteiger charge is -2.20. The third-order valence-electron chi connectivity index (χ3n) is 7.49. The van der Waals surface area contributed by atoms with E-state index in [4.69, 9.17) is 14.7 Å². The Balaban J connectivity index is 1.48. The highest BCUT2D eigenvalue weighted by Crippen LogP contribution is 2.38. The molecule has 0 fully saturated rings. The van der Waals surface area contributed by atoms with Crippen molar-refractivity contribution in [2.45, 2.75) is 52.4 Å². The Bertz CT molecular complexity index is 1760. The zero-order valence-electron chi connectivity index (χ0n) is 24.4. The summed E-state index contributed by atoms with van der Waals surface area (Å²) in [7, 11) is 0. The Hall–Kier alpha value is -4.64. The number of benzene rings is 2. The van der Waals surface area contributed by atoms with Gasteiger partial charge < -0.3 is 4.74 Å². The number of fused-ring (bicyclic) bond motifs is 2. The van der Waals surface area contributed by atoms with Crippen LogP contribution in [-0.4, -0.2) is 19.9 Å². The number of hydrogen-bond acceptors (Lipinski definition) is 5. The average molecular weight is 539 g/mol. The molecule has 6 aromatic rings. The molecule has 2 aromatic carbocycles. The van der Waals surface area contributed by atoms with E-state index in [1.807, 2.05) is 61.4 Å². The summed E-state index contributed by atoms with van der Waals surface area (Å²) >= 11 is 0. The Morgan fingerprint density at radius 3 is 1.37 bits per heavy atom. The van der Waals surface area contributed by atoms with Crippen LogP contribution in [0.1, 0.15) is 52.7 Å². The van der Waals surface area contributed by atoms with Crippen LogP contribution < -0.4 is 4.74 Å². The summed E-state index contributed by atoms with van der Waals surface area (Å²) < 4.78 is 6.60. The molecule has 0 aliphatic heterocycles. The highest BCUT2D eigenvalue weighted by molar-refractivity contribution is 5.98. The predicted octanol–water partition coefficient (Wildman–Crippen LogP) is 9.29. The van der Waals surface area contributed by atoms with E-state index in [1.54, 1.807) is 0 Å². The molecule has 0 unspecified atom stereocenters. The summed E-state index contributed by atoms with van der Waals surface area (Å²) in [6, 6.07) is 20.8. The molecule has 0 saturated carbocycles. The molecule has 4 heterocycles. The molecule has 0 bridgehead atoms. The van der Waals surface area contributed by atoms with Gasteiger partial charge in [0.1, 0.15) is 11.5 Å². The van der Waals surface area contributed by atoms with Gasteiger partial charge in [-0.3, -0.25) is 19.9 Å². The van der Waals surface area contributed by atoms with Crippen LogP contribution in [0.15, 0.2) is 97.8 Å². The summed E-state index contributed by atoms with van der Waals surface area (Å²) in [6.07, 6.45) is 11.2. The second-order valence-electron chi connectivity index (χ2n) is 12.6. The van der Waals surface area contributed by atoms with Crippen molar-refractivity contribution in [3.8, 4) is 34.0 Å².